The van der Waals surface area contributed by atoms with Crippen LogP contribution in [-0.4, -0.2) is 32.9 Å². The van der Waals surface area contributed by atoms with Crippen LogP contribution in [0.3, 0.4) is 0 Å². The minimum absolute atomic E-state index is 0.125. The van der Waals surface area contributed by atoms with Crippen molar-refractivity contribution in [1.82, 2.24) is 14.5 Å². The molecule has 142 valence electrons. The fourth-order valence-corrected chi connectivity index (χ4v) is 3.91. The number of carbonyl (C=O) groups excluding carboxylic acids is 3. The topological polar surface area (TPSA) is 119 Å². The Kier molecular flexibility index (Phi) is 5.80. The Hall–Kier alpha value is -2.81. The molecule has 1 fully saturated rings. The Morgan fingerprint density at radius 1 is 1.19 bits per heavy atom. The second-order valence-electron chi connectivity index (χ2n) is 6.47. The first-order valence-corrected chi connectivity index (χ1v) is 9.58. The maximum Gasteiger partial charge on any atom is 0.275 e. The Balaban J connectivity index is 1.91. The zero-order chi connectivity index (χ0) is 19.4. The van der Waals surface area contributed by atoms with Gasteiger partial charge in [0.2, 0.25) is 11.8 Å². The molecule has 1 aliphatic carbocycles. The molecule has 0 spiro atoms. The third-order valence-electron chi connectivity index (χ3n) is 4.35. The van der Waals surface area contributed by atoms with Crippen LogP contribution in [0, 0.1) is 0 Å². The molecule has 2 aromatic rings. The lowest BCUT2D eigenvalue weighted by Gasteiger charge is -2.22. The van der Waals surface area contributed by atoms with Crippen LogP contribution in [0.4, 0.5) is 0 Å². The van der Waals surface area contributed by atoms with E-state index in [1.165, 1.54) is 17.4 Å². The highest BCUT2D eigenvalue weighted by molar-refractivity contribution is 7.04. The zero-order valence-electron chi connectivity index (χ0n) is 15.0. The van der Waals surface area contributed by atoms with Crippen molar-refractivity contribution in [3.8, 4) is 5.69 Å². The van der Waals surface area contributed by atoms with E-state index in [2.05, 4.69) is 15.4 Å². The molecule has 1 aliphatic rings. The lowest BCUT2D eigenvalue weighted by Crippen LogP contribution is -2.38. The molecular formula is C18H21N5O3S. The molecule has 3 amide bonds. The molecule has 0 aliphatic heterocycles. The van der Waals surface area contributed by atoms with E-state index in [4.69, 9.17) is 5.73 Å². The fourth-order valence-electron chi connectivity index (χ4n) is 3.00. The van der Waals surface area contributed by atoms with Gasteiger partial charge in [0.05, 0.1) is 5.69 Å². The molecule has 0 unspecified atom stereocenters. The van der Waals surface area contributed by atoms with E-state index in [0.29, 0.717) is 11.3 Å². The smallest absolute Gasteiger partial charge is 0.275 e. The minimum Gasteiger partial charge on any atom is -0.366 e. The minimum atomic E-state index is -0.523. The molecule has 8 nitrogen and oxygen atoms in total. The standard InChI is InChI=1S/C18H21N5O3S/c1-11(24)20-18-15(17(26)21-13-5-3-2-4-6-13)22-23(27-18)14-9-7-12(8-10-14)16(19)25/h7-10,13H,2-6H2,1H3,(H2,19,25)(H,21,26). The Labute approximate surface area is 160 Å². The molecule has 27 heavy (non-hydrogen) atoms. The molecule has 0 radical (unpaired) electrons. The molecule has 3 rings (SSSR count). The summed E-state index contributed by atoms with van der Waals surface area (Å²) in [6, 6.07) is 6.63. The van der Waals surface area contributed by atoms with E-state index in [-0.39, 0.29) is 22.3 Å². The molecule has 1 aromatic heterocycles. The summed E-state index contributed by atoms with van der Waals surface area (Å²) < 4.78 is 1.76. The molecule has 9 heteroatoms. The van der Waals surface area contributed by atoms with Crippen LogP contribution in [0.2, 0.25) is 0 Å². The van der Waals surface area contributed by atoms with Crippen molar-refractivity contribution >= 4 is 29.3 Å². The summed E-state index contributed by atoms with van der Waals surface area (Å²) in [4.78, 5) is 39.3. The maximum atomic E-state index is 12.7. The van der Waals surface area contributed by atoms with E-state index in [1.807, 2.05) is 0 Å². The predicted octanol–water partition coefficient (Wildman–Crippen LogP) is 1.54. The number of rotatable bonds is 4. The fraction of sp³-hybridized carbons (Fsp3) is 0.389. The van der Waals surface area contributed by atoms with E-state index in [0.717, 1.165) is 37.2 Å². The van der Waals surface area contributed by atoms with Gasteiger partial charge in [-0.2, -0.15) is 9.06 Å². The van der Waals surface area contributed by atoms with Crippen LogP contribution in [0.5, 0.6) is 0 Å². The van der Waals surface area contributed by atoms with Gasteiger partial charge in [0.15, 0.2) is 10.4 Å². The molecule has 0 saturated heterocycles. The number of nitrogens with zero attached hydrogens (tertiary/aromatic N) is 3. The number of primary amides is 1. The normalized spacial score (nSPS) is 15.5. The lowest BCUT2D eigenvalue weighted by atomic mass is 9.95. The van der Waals surface area contributed by atoms with Crippen molar-refractivity contribution in [2.75, 3.05) is 0 Å². The second-order valence-corrected chi connectivity index (χ2v) is 7.38. The Morgan fingerprint density at radius 2 is 1.85 bits per heavy atom. The average molecular weight is 387 g/mol. The molecule has 1 heterocycles. The van der Waals surface area contributed by atoms with Gasteiger partial charge < -0.3 is 11.1 Å². The first kappa shape index (κ1) is 19.0. The number of hydrogen-bond acceptors (Lipinski definition) is 5. The molecule has 0 bridgehead atoms. The van der Waals surface area contributed by atoms with Crippen molar-refractivity contribution in [2.24, 2.45) is 10.7 Å². The van der Waals surface area contributed by atoms with Crippen molar-refractivity contribution in [3.63, 3.8) is 0 Å². The molecular weight excluding hydrogens is 366 g/mol. The van der Waals surface area contributed by atoms with Gasteiger partial charge in [0, 0.05) is 18.5 Å². The Morgan fingerprint density at radius 3 is 2.44 bits per heavy atom. The van der Waals surface area contributed by atoms with Crippen LogP contribution >= 0.6 is 11.5 Å². The quantitative estimate of drug-likeness (QED) is 0.827. The highest BCUT2D eigenvalue weighted by Gasteiger charge is 2.21. The highest BCUT2D eigenvalue weighted by Crippen LogP contribution is 2.18. The zero-order valence-corrected chi connectivity index (χ0v) is 15.8. The van der Waals surface area contributed by atoms with Crippen LogP contribution in [0.15, 0.2) is 29.3 Å². The van der Waals surface area contributed by atoms with Crippen molar-refractivity contribution in [3.05, 3.63) is 40.2 Å². The number of hydrogen-bond donors (Lipinski definition) is 2. The van der Waals surface area contributed by atoms with Gasteiger partial charge in [-0.15, -0.1) is 5.10 Å². The molecule has 1 saturated carbocycles. The SMILES string of the molecule is CC(=O)N=c1sn(-c2ccc(C(N)=O)cc2)nc1C(=O)NC1CCCCC1. The summed E-state index contributed by atoms with van der Waals surface area (Å²) in [6.45, 7) is 1.33. The monoisotopic (exact) mass is 387 g/mol. The van der Waals surface area contributed by atoms with E-state index < -0.39 is 11.8 Å². The van der Waals surface area contributed by atoms with Gasteiger partial charge in [-0.25, -0.2) is 0 Å². The van der Waals surface area contributed by atoms with Gasteiger partial charge >= 0.3 is 0 Å². The van der Waals surface area contributed by atoms with E-state index in [1.54, 1.807) is 24.3 Å². The van der Waals surface area contributed by atoms with Crippen molar-refractivity contribution in [1.29, 1.82) is 0 Å². The summed E-state index contributed by atoms with van der Waals surface area (Å²) in [7, 11) is 0. The number of aromatic nitrogens is 2. The first-order chi connectivity index (χ1) is 12.9. The molecule has 0 atom stereocenters. The van der Waals surface area contributed by atoms with Crippen LogP contribution in [0.25, 0.3) is 5.69 Å². The average Bonchev–Trinajstić information content (AvgIpc) is 3.06. The van der Waals surface area contributed by atoms with Crippen molar-refractivity contribution in [2.45, 2.75) is 45.1 Å². The van der Waals surface area contributed by atoms with Crippen molar-refractivity contribution < 1.29 is 14.4 Å². The van der Waals surface area contributed by atoms with Crippen LogP contribution in [-0.2, 0) is 4.79 Å². The number of benzene rings is 1. The predicted molar refractivity (Wildman–Crippen MR) is 101 cm³/mol. The van der Waals surface area contributed by atoms with E-state index >= 15 is 0 Å². The molecule has 1 aromatic carbocycles. The van der Waals surface area contributed by atoms with Gasteiger partial charge in [0.1, 0.15) is 0 Å². The lowest BCUT2D eigenvalue weighted by molar-refractivity contribution is -0.116. The van der Waals surface area contributed by atoms with Crippen LogP contribution in [0.1, 0.15) is 59.9 Å². The second kappa shape index (κ2) is 8.26. The highest BCUT2D eigenvalue weighted by atomic mass is 32.1. The number of nitrogens with two attached hydrogens (primary N) is 1. The van der Waals surface area contributed by atoms with Gasteiger partial charge in [-0.3, -0.25) is 14.4 Å². The van der Waals surface area contributed by atoms with Gasteiger partial charge in [0.25, 0.3) is 5.91 Å². The maximum absolute atomic E-state index is 12.7. The first-order valence-electron chi connectivity index (χ1n) is 8.81. The summed E-state index contributed by atoms with van der Waals surface area (Å²) in [5, 5.41) is 7.33. The summed E-state index contributed by atoms with van der Waals surface area (Å²) in [6.07, 6.45) is 5.28. The van der Waals surface area contributed by atoms with E-state index in [9.17, 15) is 14.4 Å². The number of amides is 3. The third kappa shape index (κ3) is 4.68. The summed E-state index contributed by atoms with van der Waals surface area (Å²) in [5.41, 5.74) is 6.39. The van der Waals surface area contributed by atoms with Gasteiger partial charge in [-0.05, 0) is 48.6 Å². The van der Waals surface area contributed by atoms with Gasteiger partial charge in [-0.1, -0.05) is 19.3 Å². The number of nitrogens with one attached hydrogen (secondary N) is 1. The summed E-state index contributed by atoms with van der Waals surface area (Å²) >= 11 is 1.09. The summed E-state index contributed by atoms with van der Waals surface area (Å²) in [5.74, 6) is -1.25. The molecule has 3 N–H and O–H groups in total. The Bertz CT molecular complexity index is 923. The largest absolute Gasteiger partial charge is 0.366 e. The van der Waals surface area contributed by atoms with Crippen LogP contribution < -0.4 is 15.7 Å². The third-order valence-corrected chi connectivity index (χ3v) is 5.28. The number of carbonyl (C=O) groups is 3.